The van der Waals surface area contributed by atoms with Crippen LogP contribution in [0.5, 0.6) is 0 Å². The van der Waals surface area contributed by atoms with Crippen LogP contribution in [0, 0.1) is 11.8 Å². The van der Waals surface area contributed by atoms with Gasteiger partial charge in [-0.15, -0.1) is 0 Å². The number of hydrogen-bond donors (Lipinski definition) is 3. The van der Waals surface area contributed by atoms with Crippen molar-refractivity contribution in [3.05, 3.63) is 0 Å². The summed E-state index contributed by atoms with van der Waals surface area (Å²) in [4.78, 5) is 34.4. The van der Waals surface area contributed by atoms with Crippen molar-refractivity contribution < 1.29 is 19.5 Å². The van der Waals surface area contributed by atoms with E-state index in [0.717, 1.165) is 25.7 Å². The lowest BCUT2D eigenvalue weighted by Gasteiger charge is -2.26. The second kappa shape index (κ2) is 7.26. The monoisotopic (exact) mass is 284 g/mol. The number of carbonyl (C=O) groups is 3. The molecule has 1 aliphatic rings. The lowest BCUT2D eigenvalue weighted by atomic mass is 9.82. The second-order valence-corrected chi connectivity index (χ2v) is 5.76. The molecule has 0 bridgehead atoms. The van der Waals surface area contributed by atoms with Crippen molar-refractivity contribution in [2.45, 2.75) is 58.5 Å². The maximum absolute atomic E-state index is 12.0. The number of carbonyl (C=O) groups excluding carboxylic acids is 2. The summed E-state index contributed by atoms with van der Waals surface area (Å²) >= 11 is 0. The summed E-state index contributed by atoms with van der Waals surface area (Å²) in [6.07, 6.45) is 3.78. The van der Waals surface area contributed by atoms with Crippen molar-refractivity contribution >= 4 is 17.8 Å². The third kappa shape index (κ3) is 4.83. The second-order valence-electron chi connectivity index (χ2n) is 5.76. The molecule has 0 heterocycles. The van der Waals surface area contributed by atoms with E-state index in [4.69, 9.17) is 5.11 Å². The number of carboxylic acids is 1. The predicted molar refractivity (Wildman–Crippen MR) is 74.0 cm³/mol. The topological polar surface area (TPSA) is 95.5 Å². The van der Waals surface area contributed by atoms with Crippen LogP contribution in [0.25, 0.3) is 0 Å². The summed E-state index contributed by atoms with van der Waals surface area (Å²) in [6.45, 7) is 5.13. The van der Waals surface area contributed by atoms with Crippen molar-refractivity contribution in [3.8, 4) is 0 Å². The highest BCUT2D eigenvalue weighted by molar-refractivity contribution is 5.90. The SMILES string of the molecule is CC1CCC(C(=O)N[C@@H](C)C(=O)N[C@@H](C)C(=O)O)CC1. The summed E-state index contributed by atoms with van der Waals surface area (Å²) in [7, 11) is 0. The van der Waals surface area contributed by atoms with Crippen LogP contribution in [0.4, 0.5) is 0 Å². The molecule has 0 aromatic heterocycles. The highest BCUT2D eigenvalue weighted by atomic mass is 16.4. The van der Waals surface area contributed by atoms with Gasteiger partial charge in [0.2, 0.25) is 11.8 Å². The van der Waals surface area contributed by atoms with Crippen molar-refractivity contribution in [1.29, 1.82) is 0 Å². The van der Waals surface area contributed by atoms with Gasteiger partial charge in [0.05, 0.1) is 0 Å². The molecule has 3 N–H and O–H groups in total. The van der Waals surface area contributed by atoms with Gasteiger partial charge in [-0.25, -0.2) is 0 Å². The van der Waals surface area contributed by atoms with Gasteiger partial charge < -0.3 is 15.7 Å². The lowest BCUT2D eigenvalue weighted by Crippen LogP contribution is -2.50. The molecule has 0 saturated heterocycles. The first-order valence-electron chi connectivity index (χ1n) is 7.14. The Balaban J connectivity index is 2.41. The molecule has 0 radical (unpaired) electrons. The van der Waals surface area contributed by atoms with Crippen LogP contribution < -0.4 is 10.6 Å². The quantitative estimate of drug-likeness (QED) is 0.699. The first-order chi connectivity index (χ1) is 9.31. The summed E-state index contributed by atoms with van der Waals surface area (Å²) in [6, 6.07) is -1.68. The fourth-order valence-electron chi connectivity index (χ4n) is 2.32. The largest absolute Gasteiger partial charge is 0.480 e. The van der Waals surface area contributed by atoms with Gasteiger partial charge in [-0.05, 0) is 45.4 Å². The van der Waals surface area contributed by atoms with Crippen LogP contribution in [0.2, 0.25) is 0 Å². The molecule has 1 aliphatic carbocycles. The summed E-state index contributed by atoms with van der Waals surface area (Å²) in [5.74, 6) is -1.05. The maximum Gasteiger partial charge on any atom is 0.325 e. The van der Waals surface area contributed by atoms with Crippen LogP contribution in [0.3, 0.4) is 0 Å². The third-order valence-corrected chi connectivity index (χ3v) is 3.87. The Hall–Kier alpha value is -1.59. The number of amides is 2. The zero-order valence-corrected chi connectivity index (χ0v) is 12.3. The van der Waals surface area contributed by atoms with E-state index in [-0.39, 0.29) is 11.8 Å². The Bertz CT molecular complexity index is 375. The number of hydrogen-bond acceptors (Lipinski definition) is 3. The number of carboxylic acid groups (broad SMARTS) is 1. The van der Waals surface area contributed by atoms with E-state index in [1.54, 1.807) is 6.92 Å². The summed E-state index contributed by atoms with van der Waals surface area (Å²) in [5, 5.41) is 13.7. The summed E-state index contributed by atoms with van der Waals surface area (Å²) < 4.78 is 0. The van der Waals surface area contributed by atoms with Crippen LogP contribution in [0.15, 0.2) is 0 Å². The molecule has 0 aliphatic heterocycles. The van der Waals surface area contributed by atoms with E-state index < -0.39 is 24.0 Å². The highest BCUT2D eigenvalue weighted by Gasteiger charge is 2.27. The van der Waals surface area contributed by atoms with E-state index in [9.17, 15) is 14.4 Å². The molecule has 0 aromatic rings. The lowest BCUT2D eigenvalue weighted by molar-refractivity contribution is -0.141. The molecule has 6 nitrogen and oxygen atoms in total. The van der Waals surface area contributed by atoms with Crippen LogP contribution in [0.1, 0.15) is 46.5 Å². The van der Waals surface area contributed by atoms with Gasteiger partial charge in [-0.2, -0.15) is 0 Å². The molecule has 20 heavy (non-hydrogen) atoms. The number of nitrogens with one attached hydrogen (secondary N) is 2. The van der Waals surface area contributed by atoms with Crippen molar-refractivity contribution in [2.24, 2.45) is 11.8 Å². The molecule has 0 spiro atoms. The fraction of sp³-hybridized carbons (Fsp3) is 0.786. The molecule has 114 valence electrons. The predicted octanol–water partition coefficient (Wildman–Crippen LogP) is 0.907. The number of aliphatic carboxylic acids is 1. The van der Waals surface area contributed by atoms with E-state index in [2.05, 4.69) is 17.6 Å². The summed E-state index contributed by atoms with van der Waals surface area (Å²) in [5.41, 5.74) is 0. The zero-order chi connectivity index (χ0) is 15.3. The first-order valence-corrected chi connectivity index (χ1v) is 7.14. The third-order valence-electron chi connectivity index (χ3n) is 3.87. The van der Waals surface area contributed by atoms with Crippen molar-refractivity contribution in [1.82, 2.24) is 10.6 Å². The standard InChI is InChI=1S/C14H24N2O4/c1-8-4-6-11(7-5-8)13(18)15-9(2)12(17)16-10(3)14(19)20/h8-11H,4-7H2,1-3H3,(H,15,18)(H,16,17)(H,19,20)/t8?,9-,10-,11?/m0/s1. The van der Waals surface area contributed by atoms with E-state index in [1.807, 2.05) is 0 Å². The molecular weight excluding hydrogens is 260 g/mol. The van der Waals surface area contributed by atoms with Gasteiger partial charge in [0.15, 0.2) is 0 Å². The minimum Gasteiger partial charge on any atom is -0.480 e. The first kappa shape index (κ1) is 16.5. The van der Waals surface area contributed by atoms with Crippen LogP contribution in [-0.2, 0) is 14.4 Å². The Labute approximate surface area is 119 Å². The van der Waals surface area contributed by atoms with Gasteiger partial charge in [-0.1, -0.05) is 6.92 Å². The molecule has 2 atom stereocenters. The van der Waals surface area contributed by atoms with Gasteiger partial charge in [0.1, 0.15) is 12.1 Å². The highest BCUT2D eigenvalue weighted by Crippen LogP contribution is 2.28. The van der Waals surface area contributed by atoms with E-state index >= 15 is 0 Å². The molecule has 1 rings (SSSR count). The minimum atomic E-state index is -1.10. The van der Waals surface area contributed by atoms with Gasteiger partial charge >= 0.3 is 5.97 Å². The normalized spacial score (nSPS) is 25.4. The Morgan fingerprint density at radius 3 is 2.05 bits per heavy atom. The van der Waals surface area contributed by atoms with Crippen molar-refractivity contribution in [3.63, 3.8) is 0 Å². The van der Waals surface area contributed by atoms with Crippen molar-refractivity contribution in [2.75, 3.05) is 0 Å². The van der Waals surface area contributed by atoms with Crippen LogP contribution >= 0.6 is 0 Å². The Kier molecular flexibility index (Phi) is 5.98. The van der Waals surface area contributed by atoms with E-state index in [1.165, 1.54) is 6.92 Å². The van der Waals surface area contributed by atoms with E-state index in [0.29, 0.717) is 5.92 Å². The molecule has 1 fully saturated rings. The van der Waals surface area contributed by atoms with Crippen LogP contribution in [-0.4, -0.2) is 35.0 Å². The average Bonchev–Trinajstić information content (AvgIpc) is 2.38. The molecule has 6 heteroatoms. The van der Waals surface area contributed by atoms with Gasteiger partial charge in [0, 0.05) is 5.92 Å². The molecule has 1 saturated carbocycles. The Morgan fingerprint density at radius 2 is 1.55 bits per heavy atom. The van der Waals surface area contributed by atoms with Gasteiger partial charge in [0.25, 0.3) is 0 Å². The number of rotatable bonds is 5. The smallest absolute Gasteiger partial charge is 0.325 e. The minimum absolute atomic E-state index is 0.0293. The molecule has 0 aromatic carbocycles. The molecule has 0 unspecified atom stereocenters. The van der Waals surface area contributed by atoms with Gasteiger partial charge in [-0.3, -0.25) is 14.4 Å². The average molecular weight is 284 g/mol. The Morgan fingerprint density at radius 1 is 1.00 bits per heavy atom. The zero-order valence-electron chi connectivity index (χ0n) is 12.3. The maximum atomic E-state index is 12.0. The molecular formula is C14H24N2O4. The fourth-order valence-corrected chi connectivity index (χ4v) is 2.32. The molecule has 2 amide bonds.